The number of hydrogen-bond donors (Lipinski definition) is 4. The highest BCUT2D eigenvalue weighted by atomic mass is 16.1. The van der Waals surface area contributed by atoms with Crippen LogP contribution < -0.4 is 16.2 Å². The molecule has 0 unspecified atom stereocenters. The molecule has 9 heteroatoms. The van der Waals surface area contributed by atoms with E-state index in [0.717, 1.165) is 0 Å². The van der Waals surface area contributed by atoms with Crippen molar-refractivity contribution in [3.05, 3.63) is 40.9 Å². The molecule has 0 aliphatic carbocycles. The van der Waals surface area contributed by atoms with Gasteiger partial charge in [-0.25, -0.2) is 4.98 Å². The van der Waals surface area contributed by atoms with E-state index in [-0.39, 0.29) is 17.9 Å². The minimum Gasteiger partial charge on any atom is -0.352 e. The van der Waals surface area contributed by atoms with Gasteiger partial charge in [-0.2, -0.15) is 5.10 Å². The third kappa shape index (κ3) is 3.08. The Labute approximate surface area is 124 Å². The van der Waals surface area contributed by atoms with Gasteiger partial charge < -0.3 is 10.6 Å². The van der Waals surface area contributed by atoms with Gasteiger partial charge in [-0.3, -0.25) is 19.8 Å². The van der Waals surface area contributed by atoms with Crippen molar-refractivity contribution in [2.75, 3.05) is 17.2 Å². The fraction of sp³-hybridized carbons (Fsp3) is 0.154. The molecular formula is C13H13N7O2. The highest BCUT2D eigenvalue weighted by molar-refractivity contribution is 5.93. The van der Waals surface area contributed by atoms with Crippen molar-refractivity contribution in [2.24, 2.45) is 0 Å². The van der Waals surface area contributed by atoms with Crippen molar-refractivity contribution in [3.8, 4) is 0 Å². The van der Waals surface area contributed by atoms with Gasteiger partial charge in [-0.1, -0.05) is 0 Å². The van der Waals surface area contributed by atoms with Gasteiger partial charge in [0.05, 0.1) is 23.3 Å². The van der Waals surface area contributed by atoms with E-state index in [9.17, 15) is 9.59 Å². The van der Waals surface area contributed by atoms with E-state index in [2.05, 4.69) is 36.0 Å². The van der Waals surface area contributed by atoms with Crippen LogP contribution in [0.25, 0.3) is 10.9 Å². The van der Waals surface area contributed by atoms with E-state index in [1.54, 1.807) is 18.2 Å². The van der Waals surface area contributed by atoms with Gasteiger partial charge in [0, 0.05) is 18.7 Å². The quantitative estimate of drug-likeness (QED) is 0.542. The fourth-order valence-corrected chi connectivity index (χ4v) is 1.95. The van der Waals surface area contributed by atoms with Crippen LogP contribution >= 0.6 is 0 Å². The standard InChI is InChI=1S/C13H13N7O2/c21-11(3-4-14-13-15-5-6-16-20-13)17-8-1-2-9-10(7-8)18-19-12(9)22/h1-2,5-7H,3-4H2,(H,17,21)(H,14,15,20)(H2,18,19,22). The molecule has 0 aliphatic rings. The zero-order valence-electron chi connectivity index (χ0n) is 11.5. The number of carbonyl (C=O) groups is 1. The van der Waals surface area contributed by atoms with Gasteiger partial charge in [0.1, 0.15) is 0 Å². The van der Waals surface area contributed by atoms with Crippen LogP contribution in [-0.4, -0.2) is 37.8 Å². The lowest BCUT2D eigenvalue weighted by molar-refractivity contribution is -0.115. The summed E-state index contributed by atoms with van der Waals surface area (Å²) in [5.74, 6) is 0.218. The van der Waals surface area contributed by atoms with Gasteiger partial charge in [-0.15, -0.1) is 5.10 Å². The monoisotopic (exact) mass is 299 g/mol. The Morgan fingerprint density at radius 1 is 1.23 bits per heavy atom. The molecule has 2 heterocycles. The van der Waals surface area contributed by atoms with Crippen molar-refractivity contribution < 1.29 is 4.79 Å². The zero-order chi connectivity index (χ0) is 15.4. The summed E-state index contributed by atoms with van der Waals surface area (Å²) in [7, 11) is 0. The number of anilines is 2. The molecule has 0 radical (unpaired) electrons. The van der Waals surface area contributed by atoms with E-state index in [1.807, 2.05) is 0 Å². The van der Waals surface area contributed by atoms with Crippen LogP contribution in [0.1, 0.15) is 6.42 Å². The van der Waals surface area contributed by atoms with E-state index >= 15 is 0 Å². The van der Waals surface area contributed by atoms with Crippen molar-refractivity contribution in [3.63, 3.8) is 0 Å². The van der Waals surface area contributed by atoms with Gasteiger partial charge in [0.25, 0.3) is 5.56 Å². The number of fused-ring (bicyclic) bond motifs is 1. The maximum absolute atomic E-state index is 11.9. The van der Waals surface area contributed by atoms with E-state index < -0.39 is 0 Å². The molecule has 0 bridgehead atoms. The van der Waals surface area contributed by atoms with Crippen LogP contribution in [0, 0.1) is 0 Å². The number of aromatic nitrogens is 5. The second-order valence-corrected chi connectivity index (χ2v) is 4.53. The van der Waals surface area contributed by atoms with Gasteiger partial charge in [0.2, 0.25) is 11.9 Å². The summed E-state index contributed by atoms with van der Waals surface area (Å²) < 4.78 is 0. The first-order valence-electron chi connectivity index (χ1n) is 6.60. The average molecular weight is 299 g/mol. The summed E-state index contributed by atoms with van der Waals surface area (Å²) in [6.45, 7) is 0.390. The molecule has 0 fully saturated rings. The Balaban J connectivity index is 1.55. The Kier molecular flexibility index (Phi) is 3.77. The number of benzene rings is 1. The number of hydrogen-bond acceptors (Lipinski definition) is 6. The lowest BCUT2D eigenvalue weighted by Crippen LogP contribution is -2.17. The molecule has 0 saturated carbocycles. The van der Waals surface area contributed by atoms with Crippen molar-refractivity contribution in [2.45, 2.75) is 6.42 Å². The average Bonchev–Trinajstić information content (AvgIpc) is 2.89. The Bertz CT molecular complexity index is 840. The summed E-state index contributed by atoms with van der Waals surface area (Å²) in [5, 5.41) is 18.9. The van der Waals surface area contributed by atoms with Crippen molar-refractivity contribution in [1.82, 2.24) is 25.4 Å². The first-order chi connectivity index (χ1) is 10.7. The molecule has 22 heavy (non-hydrogen) atoms. The largest absolute Gasteiger partial charge is 0.352 e. The lowest BCUT2D eigenvalue weighted by Gasteiger charge is -2.06. The third-order valence-corrected chi connectivity index (χ3v) is 2.98. The van der Waals surface area contributed by atoms with Crippen molar-refractivity contribution >= 4 is 28.4 Å². The first-order valence-corrected chi connectivity index (χ1v) is 6.60. The number of amides is 1. The summed E-state index contributed by atoms with van der Waals surface area (Å²) in [6, 6.07) is 5.03. The predicted octanol–water partition coefficient (Wildman–Crippen LogP) is 0.482. The minimum absolute atomic E-state index is 0.159. The minimum atomic E-state index is -0.187. The van der Waals surface area contributed by atoms with Crippen LogP contribution in [0.15, 0.2) is 35.4 Å². The van der Waals surface area contributed by atoms with E-state index in [0.29, 0.717) is 29.1 Å². The molecule has 3 rings (SSSR count). The molecule has 0 spiro atoms. The molecule has 4 N–H and O–H groups in total. The molecular weight excluding hydrogens is 286 g/mol. The summed E-state index contributed by atoms with van der Waals surface area (Å²) >= 11 is 0. The second kappa shape index (κ2) is 6.04. The topological polar surface area (TPSA) is 128 Å². The van der Waals surface area contributed by atoms with Crippen LogP contribution in [-0.2, 0) is 4.79 Å². The third-order valence-electron chi connectivity index (χ3n) is 2.98. The molecule has 1 amide bonds. The van der Waals surface area contributed by atoms with Gasteiger partial charge >= 0.3 is 0 Å². The lowest BCUT2D eigenvalue weighted by atomic mass is 10.2. The fourth-order valence-electron chi connectivity index (χ4n) is 1.95. The normalized spacial score (nSPS) is 10.5. The van der Waals surface area contributed by atoms with Crippen LogP contribution in [0.2, 0.25) is 0 Å². The Morgan fingerprint density at radius 3 is 2.95 bits per heavy atom. The van der Waals surface area contributed by atoms with Crippen molar-refractivity contribution in [1.29, 1.82) is 0 Å². The smallest absolute Gasteiger partial charge is 0.271 e. The number of aromatic amines is 2. The zero-order valence-corrected chi connectivity index (χ0v) is 11.5. The SMILES string of the molecule is O=C(CCNc1nccnn1)Nc1ccc2c(=O)[nH][nH]c2c1. The predicted molar refractivity (Wildman–Crippen MR) is 80.5 cm³/mol. The number of nitrogens with zero attached hydrogens (tertiary/aromatic N) is 3. The summed E-state index contributed by atoms with van der Waals surface area (Å²) in [5.41, 5.74) is 1.07. The van der Waals surface area contributed by atoms with Crippen LogP contribution in [0.4, 0.5) is 11.6 Å². The number of nitrogens with one attached hydrogen (secondary N) is 4. The first kappa shape index (κ1) is 13.7. The molecule has 0 saturated heterocycles. The number of H-pyrrole nitrogens is 2. The van der Waals surface area contributed by atoms with Crippen LogP contribution in [0.5, 0.6) is 0 Å². The highest BCUT2D eigenvalue weighted by Gasteiger charge is 2.06. The molecule has 3 aromatic rings. The second-order valence-electron chi connectivity index (χ2n) is 4.53. The molecule has 0 aliphatic heterocycles. The maximum atomic E-state index is 11.9. The maximum Gasteiger partial charge on any atom is 0.271 e. The van der Waals surface area contributed by atoms with E-state index in [4.69, 9.17) is 0 Å². The molecule has 2 aromatic heterocycles. The van der Waals surface area contributed by atoms with Gasteiger partial charge in [0.15, 0.2) is 0 Å². The molecule has 1 aromatic carbocycles. The molecule has 0 atom stereocenters. The van der Waals surface area contributed by atoms with Gasteiger partial charge in [-0.05, 0) is 18.2 Å². The number of rotatable bonds is 5. The molecule has 112 valence electrons. The summed E-state index contributed by atoms with van der Waals surface area (Å²) in [6.07, 6.45) is 3.24. The Hall–Kier alpha value is -3.23. The van der Waals surface area contributed by atoms with Crippen LogP contribution in [0.3, 0.4) is 0 Å². The highest BCUT2D eigenvalue weighted by Crippen LogP contribution is 2.14. The Morgan fingerprint density at radius 2 is 2.14 bits per heavy atom. The summed E-state index contributed by atoms with van der Waals surface area (Å²) in [4.78, 5) is 27.2. The van der Waals surface area contributed by atoms with E-state index in [1.165, 1.54) is 12.4 Å². The number of carbonyl (C=O) groups excluding carboxylic acids is 1. The molecule has 9 nitrogen and oxygen atoms in total.